The Morgan fingerprint density at radius 2 is 1.79 bits per heavy atom. The van der Waals surface area contributed by atoms with Gasteiger partial charge in [0.1, 0.15) is 5.75 Å². The van der Waals surface area contributed by atoms with E-state index in [0.29, 0.717) is 42.8 Å². The Morgan fingerprint density at radius 1 is 1.02 bits per heavy atom. The standard InChI is InChI=1S/C31H46N4O6S/c1-31(2,3)34-42(39,40)24-11-9-10-23(20-24)22-35(4)17-19-41-18-8-6-5-7-16-32-21-28(37)25-12-14-27(36)30-26(25)13-15-29(38)33-30/h9-15,20,28,32,34,36-37H,5-8,16-19,21-22H2,1-4H3,(H,33,38)/t28-/m1/s1. The van der Waals surface area contributed by atoms with Crippen molar-refractivity contribution in [1.29, 1.82) is 0 Å². The zero-order valence-electron chi connectivity index (χ0n) is 25.2. The summed E-state index contributed by atoms with van der Waals surface area (Å²) in [6.45, 7) is 9.31. The third-order valence-electron chi connectivity index (χ3n) is 6.71. The molecule has 0 unspecified atom stereocenters. The first kappa shape index (κ1) is 33.7. The Hall–Kier alpha value is -2.80. The van der Waals surface area contributed by atoms with Crippen molar-refractivity contribution in [3.63, 3.8) is 0 Å². The molecule has 0 spiro atoms. The van der Waals surface area contributed by atoms with E-state index in [1.165, 1.54) is 12.1 Å². The third-order valence-corrected chi connectivity index (χ3v) is 8.47. The SMILES string of the molecule is CN(CCOCCCCCCNC[C@@H](O)c1ccc(O)c2[nH]c(=O)ccc12)Cc1cccc(S(=O)(=O)NC(C)(C)C)c1. The van der Waals surface area contributed by atoms with Crippen molar-refractivity contribution in [3.05, 3.63) is 70.0 Å². The van der Waals surface area contributed by atoms with Gasteiger partial charge in [0.25, 0.3) is 0 Å². The number of likely N-dealkylation sites (N-methyl/N-ethyl adjacent to an activating group) is 1. The number of phenols is 1. The fourth-order valence-electron chi connectivity index (χ4n) is 4.69. The largest absolute Gasteiger partial charge is 0.506 e. The predicted molar refractivity (Wildman–Crippen MR) is 166 cm³/mol. The number of aromatic hydroxyl groups is 1. The van der Waals surface area contributed by atoms with E-state index in [-0.39, 0.29) is 16.2 Å². The molecule has 1 heterocycles. The smallest absolute Gasteiger partial charge is 0.248 e. The summed E-state index contributed by atoms with van der Waals surface area (Å²) in [5.41, 5.74) is 1.08. The van der Waals surface area contributed by atoms with E-state index < -0.39 is 21.7 Å². The number of pyridine rings is 1. The van der Waals surface area contributed by atoms with Gasteiger partial charge in [0, 0.05) is 43.2 Å². The lowest BCUT2D eigenvalue weighted by molar-refractivity contribution is 0.106. The van der Waals surface area contributed by atoms with Gasteiger partial charge in [0.15, 0.2) is 0 Å². The highest BCUT2D eigenvalue weighted by molar-refractivity contribution is 7.89. The molecule has 0 saturated heterocycles. The van der Waals surface area contributed by atoms with Crippen molar-refractivity contribution < 1.29 is 23.4 Å². The molecule has 3 aromatic rings. The molecular weight excluding hydrogens is 556 g/mol. The summed E-state index contributed by atoms with van der Waals surface area (Å²) in [5.74, 6) is -0.0205. The van der Waals surface area contributed by atoms with E-state index in [1.807, 2.05) is 33.9 Å². The van der Waals surface area contributed by atoms with Gasteiger partial charge in [-0.1, -0.05) is 31.0 Å². The van der Waals surface area contributed by atoms with Crippen LogP contribution in [0.5, 0.6) is 5.75 Å². The molecule has 0 aliphatic rings. The molecule has 3 rings (SSSR count). The monoisotopic (exact) mass is 602 g/mol. The van der Waals surface area contributed by atoms with Crippen LogP contribution in [0.15, 0.2) is 58.2 Å². The summed E-state index contributed by atoms with van der Waals surface area (Å²) in [7, 11) is -1.57. The van der Waals surface area contributed by atoms with Gasteiger partial charge in [0.2, 0.25) is 15.6 Å². The van der Waals surface area contributed by atoms with Crippen molar-refractivity contribution >= 4 is 20.9 Å². The molecule has 10 nitrogen and oxygen atoms in total. The lowest BCUT2D eigenvalue weighted by Gasteiger charge is -2.21. The van der Waals surface area contributed by atoms with Crippen LogP contribution in [-0.4, -0.2) is 73.9 Å². The van der Waals surface area contributed by atoms with Gasteiger partial charge in [-0.05, 0) is 82.6 Å². The van der Waals surface area contributed by atoms with Gasteiger partial charge < -0.3 is 25.3 Å². The average Bonchev–Trinajstić information content (AvgIpc) is 2.91. The molecule has 0 amide bonds. The third kappa shape index (κ3) is 10.8. The quantitative estimate of drug-likeness (QED) is 0.147. The Bertz CT molecular complexity index is 1450. The topological polar surface area (TPSA) is 144 Å². The molecule has 0 fully saturated rings. The van der Waals surface area contributed by atoms with Gasteiger partial charge >= 0.3 is 0 Å². The lowest BCUT2D eigenvalue weighted by Crippen LogP contribution is -2.40. The average molecular weight is 603 g/mol. The highest BCUT2D eigenvalue weighted by atomic mass is 32.2. The number of aliphatic hydroxyl groups is 1. The number of phenolic OH excluding ortho intramolecular Hbond substituents is 1. The van der Waals surface area contributed by atoms with Crippen molar-refractivity contribution in [2.24, 2.45) is 0 Å². The number of benzene rings is 2. The molecule has 1 atom stereocenters. The highest BCUT2D eigenvalue weighted by Gasteiger charge is 2.22. The van der Waals surface area contributed by atoms with Gasteiger partial charge in [0.05, 0.1) is 23.1 Å². The number of fused-ring (bicyclic) bond motifs is 1. The minimum absolute atomic E-state index is 0.0205. The normalized spacial score (nSPS) is 13.2. The molecule has 232 valence electrons. The minimum atomic E-state index is -3.56. The second-order valence-corrected chi connectivity index (χ2v) is 13.5. The van der Waals surface area contributed by atoms with Crippen LogP contribution in [0.3, 0.4) is 0 Å². The summed E-state index contributed by atoms with van der Waals surface area (Å²) in [4.78, 5) is 16.6. The van der Waals surface area contributed by atoms with E-state index in [9.17, 15) is 23.4 Å². The maximum atomic E-state index is 12.6. The highest BCUT2D eigenvalue weighted by Crippen LogP contribution is 2.28. The number of hydrogen-bond donors (Lipinski definition) is 5. The molecule has 42 heavy (non-hydrogen) atoms. The van der Waals surface area contributed by atoms with E-state index in [4.69, 9.17) is 4.74 Å². The zero-order chi connectivity index (χ0) is 30.8. The second-order valence-electron chi connectivity index (χ2n) is 11.8. The van der Waals surface area contributed by atoms with Crippen molar-refractivity contribution in [3.8, 4) is 5.75 Å². The van der Waals surface area contributed by atoms with Gasteiger partial charge in [-0.2, -0.15) is 0 Å². The molecule has 0 saturated carbocycles. The van der Waals surface area contributed by atoms with Crippen LogP contribution in [0, 0.1) is 0 Å². The fraction of sp³-hybridized carbons (Fsp3) is 0.516. The van der Waals surface area contributed by atoms with E-state index in [2.05, 4.69) is 19.9 Å². The molecule has 0 aliphatic heterocycles. The molecule has 0 bridgehead atoms. The van der Waals surface area contributed by atoms with Crippen LogP contribution in [0.2, 0.25) is 0 Å². The fourth-order valence-corrected chi connectivity index (χ4v) is 6.18. The summed E-state index contributed by atoms with van der Waals surface area (Å²) >= 11 is 0. The number of nitrogens with one attached hydrogen (secondary N) is 3. The van der Waals surface area contributed by atoms with Gasteiger partial charge in [-0.25, -0.2) is 13.1 Å². The van der Waals surface area contributed by atoms with E-state index >= 15 is 0 Å². The molecule has 1 aromatic heterocycles. The van der Waals surface area contributed by atoms with Gasteiger partial charge in [-0.15, -0.1) is 0 Å². The minimum Gasteiger partial charge on any atom is -0.506 e. The molecule has 2 aromatic carbocycles. The number of aromatic amines is 1. The Morgan fingerprint density at radius 3 is 2.55 bits per heavy atom. The maximum absolute atomic E-state index is 12.6. The van der Waals surface area contributed by atoms with Crippen LogP contribution in [0.4, 0.5) is 0 Å². The summed E-state index contributed by atoms with van der Waals surface area (Å²) in [6.07, 6.45) is 3.32. The summed E-state index contributed by atoms with van der Waals surface area (Å²) in [5, 5.41) is 24.5. The Labute approximate surface area is 249 Å². The first-order valence-corrected chi connectivity index (χ1v) is 16.0. The number of aromatic nitrogens is 1. The van der Waals surface area contributed by atoms with Gasteiger partial charge in [-0.3, -0.25) is 9.69 Å². The number of ether oxygens (including phenoxy) is 1. The molecular formula is C31H46N4O6S. The van der Waals surface area contributed by atoms with Crippen LogP contribution in [-0.2, 0) is 21.3 Å². The van der Waals surface area contributed by atoms with Crippen LogP contribution in [0.1, 0.15) is 63.7 Å². The number of unbranched alkanes of at least 4 members (excludes halogenated alkanes) is 3. The number of nitrogens with zero attached hydrogens (tertiary/aromatic N) is 1. The van der Waals surface area contributed by atoms with Crippen LogP contribution >= 0.6 is 0 Å². The lowest BCUT2D eigenvalue weighted by atomic mass is 10.0. The van der Waals surface area contributed by atoms with Crippen molar-refractivity contribution in [2.75, 3.05) is 39.9 Å². The van der Waals surface area contributed by atoms with Crippen LogP contribution in [0.25, 0.3) is 10.9 Å². The number of sulfonamides is 1. The zero-order valence-corrected chi connectivity index (χ0v) is 26.0. The Balaban J connectivity index is 1.25. The first-order chi connectivity index (χ1) is 19.9. The molecule has 0 radical (unpaired) electrons. The number of H-pyrrole nitrogens is 1. The maximum Gasteiger partial charge on any atom is 0.248 e. The molecule has 5 N–H and O–H groups in total. The summed E-state index contributed by atoms with van der Waals surface area (Å²) in [6, 6.07) is 13.2. The van der Waals surface area contributed by atoms with Crippen molar-refractivity contribution in [1.82, 2.24) is 19.9 Å². The van der Waals surface area contributed by atoms with E-state index in [0.717, 1.165) is 44.3 Å². The molecule has 0 aliphatic carbocycles. The van der Waals surface area contributed by atoms with Crippen molar-refractivity contribution in [2.45, 2.75) is 69.5 Å². The van der Waals surface area contributed by atoms with Crippen LogP contribution < -0.4 is 15.6 Å². The first-order valence-electron chi connectivity index (χ1n) is 14.5. The predicted octanol–water partition coefficient (Wildman–Crippen LogP) is 3.64. The Kier molecular flexibility index (Phi) is 12.5. The molecule has 11 heteroatoms. The number of aliphatic hydroxyl groups excluding tert-OH is 1. The second kappa shape index (κ2) is 15.6. The van der Waals surface area contributed by atoms with E-state index in [1.54, 1.807) is 30.3 Å². The number of hydrogen-bond acceptors (Lipinski definition) is 8. The number of rotatable bonds is 17. The summed E-state index contributed by atoms with van der Waals surface area (Å²) < 4.78 is 33.7.